The average molecular weight is 443 g/mol. The van der Waals surface area contributed by atoms with Gasteiger partial charge >= 0.3 is 0 Å². The highest BCUT2D eigenvalue weighted by molar-refractivity contribution is 5.59. The van der Waals surface area contributed by atoms with Gasteiger partial charge in [0, 0.05) is 23.2 Å². The number of hydrogen-bond acceptors (Lipinski definition) is 2. The van der Waals surface area contributed by atoms with E-state index in [4.69, 9.17) is 9.47 Å². The van der Waals surface area contributed by atoms with Crippen molar-refractivity contribution in [2.24, 2.45) is 35.0 Å². The first-order valence-electron chi connectivity index (χ1n) is 12.7. The van der Waals surface area contributed by atoms with E-state index in [-0.39, 0.29) is 5.41 Å². The first kappa shape index (κ1) is 18.3. The molecular formula is C32H26O2. The third-order valence-electron chi connectivity index (χ3n) is 10.3. The van der Waals surface area contributed by atoms with Gasteiger partial charge in [-0.1, -0.05) is 97.1 Å². The van der Waals surface area contributed by atoms with Gasteiger partial charge in [-0.2, -0.15) is 0 Å². The molecule has 34 heavy (non-hydrogen) atoms. The smallest absolute Gasteiger partial charge is 0.124 e. The van der Waals surface area contributed by atoms with Crippen LogP contribution in [-0.2, 0) is 20.7 Å². The van der Waals surface area contributed by atoms with Crippen molar-refractivity contribution in [3.8, 4) is 0 Å². The summed E-state index contributed by atoms with van der Waals surface area (Å²) in [6.45, 7) is 0. The van der Waals surface area contributed by atoms with Crippen molar-refractivity contribution in [3.05, 3.63) is 132 Å². The van der Waals surface area contributed by atoms with Crippen LogP contribution in [-0.4, -0.2) is 6.10 Å². The quantitative estimate of drug-likeness (QED) is 0.441. The summed E-state index contributed by atoms with van der Waals surface area (Å²) < 4.78 is 13.8. The van der Waals surface area contributed by atoms with Crippen LogP contribution in [0, 0.1) is 35.0 Å². The molecule has 3 aromatic carbocycles. The molecule has 1 spiro atoms. The molecule has 4 bridgehead atoms. The Morgan fingerprint density at radius 3 is 1.91 bits per heavy atom. The minimum Gasteiger partial charge on any atom is -0.497 e. The van der Waals surface area contributed by atoms with Crippen LogP contribution in [0.15, 0.2) is 109 Å². The van der Waals surface area contributed by atoms with E-state index in [2.05, 4.69) is 103 Å². The van der Waals surface area contributed by atoms with E-state index < -0.39 is 11.2 Å². The van der Waals surface area contributed by atoms with E-state index in [9.17, 15) is 0 Å². The maximum absolute atomic E-state index is 7.64. The van der Waals surface area contributed by atoms with Crippen LogP contribution >= 0.6 is 0 Å². The summed E-state index contributed by atoms with van der Waals surface area (Å²) in [7, 11) is 0. The van der Waals surface area contributed by atoms with E-state index in [0.717, 1.165) is 0 Å². The summed E-state index contributed by atoms with van der Waals surface area (Å²) in [4.78, 5) is 0. The fourth-order valence-electron chi connectivity index (χ4n) is 9.26. The van der Waals surface area contributed by atoms with E-state index in [1.807, 2.05) is 6.26 Å². The monoisotopic (exact) mass is 442 g/mol. The Hall–Kier alpha value is -3.10. The molecule has 2 nitrogen and oxygen atoms in total. The second-order valence-electron chi connectivity index (χ2n) is 11.2. The molecule has 2 heteroatoms. The summed E-state index contributed by atoms with van der Waals surface area (Å²) in [6.07, 6.45) is 10.9. The number of ether oxygens (including phenoxy) is 2. The maximum atomic E-state index is 7.64. The zero-order valence-electron chi connectivity index (χ0n) is 18.9. The first-order valence-corrected chi connectivity index (χ1v) is 12.7. The van der Waals surface area contributed by atoms with Gasteiger partial charge in [-0.3, -0.25) is 0 Å². The van der Waals surface area contributed by atoms with Crippen molar-refractivity contribution in [3.63, 3.8) is 0 Å². The lowest BCUT2D eigenvalue weighted by Gasteiger charge is -2.41. The van der Waals surface area contributed by atoms with E-state index in [1.165, 1.54) is 28.7 Å². The molecule has 0 N–H and O–H groups in total. The third kappa shape index (κ3) is 1.73. The second-order valence-corrected chi connectivity index (χ2v) is 11.2. The second kappa shape index (κ2) is 5.75. The fourth-order valence-corrected chi connectivity index (χ4v) is 9.26. The van der Waals surface area contributed by atoms with E-state index in [1.54, 1.807) is 0 Å². The van der Waals surface area contributed by atoms with Crippen LogP contribution in [0.3, 0.4) is 0 Å². The number of fused-ring (bicyclic) bond motifs is 16. The zero-order valence-corrected chi connectivity index (χ0v) is 18.9. The Labute approximate surface area is 199 Å². The molecule has 3 fully saturated rings. The van der Waals surface area contributed by atoms with Gasteiger partial charge in [-0.25, -0.2) is 0 Å². The van der Waals surface area contributed by atoms with Crippen molar-refractivity contribution in [2.75, 3.05) is 0 Å². The fraction of sp³-hybridized carbons (Fsp3) is 0.312. The normalized spacial score (nSPS) is 45.2. The van der Waals surface area contributed by atoms with Gasteiger partial charge < -0.3 is 9.47 Å². The van der Waals surface area contributed by atoms with Gasteiger partial charge in [0.2, 0.25) is 0 Å². The highest BCUT2D eigenvalue weighted by Crippen LogP contribution is 2.81. The summed E-state index contributed by atoms with van der Waals surface area (Å²) in [5.74, 6) is 2.41. The van der Waals surface area contributed by atoms with Gasteiger partial charge in [0.1, 0.15) is 17.3 Å². The summed E-state index contributed by atoms with van der Waals surface area (Å²) in [5, 5.41) is 0. The molecule has 9 rings (SSSR count). The minimum atomic E-state index is -0.433. The molecule has 2 unspecified atom stereocenters. The lowest BCUT2D eigenvalue weighted by atomic mass is 9.58. The van der Waals surface area contributed by atoms with Crippen LogP contribution < -0.4 is 0 Å². The Morgan fingerprint density at radius 2 is 1.29 bits per heavy atom. The van der Waals surface area contributed by atoms with Crippen LogP contribution in [0.1, 0.15) is 28.7 Å². The maximum Gasteiger partial charge on any atom is 0.124 e. The summed E-state index contributed by atoms with van der Waals surface area (Å²) >= 11 is 0. The lowest BCUT2D eigenvalue weighted by molar-refractivity contribution is -0.0748. The van der Waals surface area contributed by atoms with Crippen molar-refractivity contribution < 1.29 is 9.47 Å². The standard InChI is InChI=1S/C32H26O2/c1-3-9-21(10-4-1)31-23-13-7-8-14-24(23)32(34-31,22-11-5-2-6-12-22)28-26-19-20(27(28)31)15-17-30(26)25-16-18-33-29(25)30/h1-18,20,25-29H,19H2/t20-,25?,26+,27+,28-,29?,30-,31-,32+/m1/s1. The highest BCUT2D eigenvalue weighted by atomic mass is 16.5. The molecule has 3 heterocycles. The lowest BCUT2D eigenvalue weighted by Crippen LogP contribution is -2.43. The molecule has 3 aromatic rings. The number of hydrogen-bond donors (Lipinski definition) is 0. The zero-order chi connectivity index (χ0) is 22.1. The number of allylic oxidation sites excluding steroid dienone is 1. The van der Waals surface area contributed by atoms with Crippen molar-refractivity contribution >= 4 is 0 Å². The average Bonchev–Trinajstić information content (AvgIpc) is 3.42. The van der Waals surface area contributed by atoms with Crippen molar-refractivity contribution in [1.29, 1.82) is 0 Å². The Kier molecular flexibility index (Phi) is 3.09. The van der Waals surface area contributed by atoms with Crippen LogP contribution in [0.4, 0.5) is 0 Å². The molecule has 2 saturated carbocycles. The predicted octanol–water partition coefficient (Wildman–Crippen LogP) is 6.18. The van der Waals surface area contributed by atoms with Gasteiger partial charge in [-0.05, 0) is 46.6 Å². The summed E-state index contributed by atoms with van der Waals surface area (Å²) in [5.41, 5.74) is 4.62. The molecular weight excluding hydrogens is 416 g/mol. The van der Waals surface area contributed by atoms with Gasteiger partial charge in [0.05, 0.1) is 6.26 Å². The van der Waals surface area contributed by atoms with Gasteiger partial charge in [0.25, 0.3) is 0 Å². The molecule has 3 aliphatic heterocycles. The topological polar surface area (TPSA) is 18.5 Å². The van der Waals surface area contributed by atoms with E-state index >= 15 is 0 Å². The molecule has 6 aliphatic rings. The van der Waals surface area contributed by atoms with Crippen LogP contribution in [0.2, 0.25) is 0 Å². The van der Waals surface area contributed by atoms with E-state index in [0.29, 0.717) is 35.7 Å². The molecule has 0 aromatic heterocycles. The Bertz CT molecular complexity index is 1390. The predicted molar refractivity (Wildman–Crippen MR) is 130 cm³/mol. The highest BCUT2D eigenvalue weighted by Gasteiger charge is 2.82. The van der Waals surface area contributed by atoms with Crippen molar-refractivity contribution in [1.82, 2.24) is 0 Å². The number of benzene rings is 3. The molecule has 1 saturated heterocycles. The number of rotatable bonds is 2. The van der Waals surface area contributed by atoms with Crippen molar-refractivity contribution in [2.45, 2.75) is 23.7 Å². The summed E-state index contributed by atoms with van der Waals surface area (Å²) in [6, 6.07) is 31.2. The Morgan fingerprint density at radius 1 is 0.676 bits per heavy atom. The van der Waals surface area contributed by atoms with Crippen LogP contribution in [0.25, 0.3) is 0 Å². The molecule has 166 valence electrons. The molecule has 0 amide bonds. The third-order valence-corrected chi connectivity index (χ3v) is 10.3. The van der Waals surface area contributed by atoms with Crippen LogP contribution in [0.5, 0.6) is 0 Å². The molecule has 9 atom stereocenters. The minimum absolute atomic E-state index is 0.132. The first-order chi connectivity index (χ1) is 16.8. The Balaban J connectivity index is 1.37. The SMILES string of the molecule is C1=CC2C(O1)[C@]21C=C[C@@H]2C[C@H]1[C@@H]1[C@H]2[C@]2(c3ccccc3)O[C@@]1(c1ccccc1)c1ccccc12. The molecule has 3 aliphatic carbocycles. The molecule has 0 radical (unpaired) electrons. The van der Waals surface area contributed by atoms with Gasteiger partial charge in [-0.15, -0.1) is 0 Å². The van der Waals surface area contributed by atoms with Gasteiger partial charge in [0.15, 0.2) is 0 Å². The largest absolute Gasteiger partial charge is 0.497 e.